The fourth-order valence-electron chi connectivity index (χ4n) is 1.10. The summed E-state index contributed by atoms with van der Waals surface area (Å²) >= 11 is 4.62. The van der Waals surface area contributed by atoms with E-state index in [0.29, 0.717) is 11.4 Å². The number of carbonyl (C=O) groups excluding carboxylic acids is 2. The Morgan fingerprint density at radius 2 is 2.19 bits per heavy atom. The van der Waals surface area contributed by atoms with Crippen LogP contribution in [0, 0.1) is 0 Å². The zero-order valence-corrected chi connectivity index (χ0v) is 11.4. The van der Waals surface area contributed by atoms with Crippen molar-refractivity contribution in [2.75, 3.05) is 6.54 Å². The molecule has 0 aromatic carbocycles. The summed E-state index contributed by atoms with van der Waals surface area (Å²) in [6, 6.07) is 3.00. The molecule has 2 amide bonds. The molecule has 1 unspecified atom stereocenters. The van der Waals surface area contributed by atoms with Crippen LogP contribution in [0.4, 0.5) is 0 Å². The van der Waals surface area contributed by atoms with Gasteiger partial charge in [0.15, 0.2) is 0 Å². The number of thiophene rings is 1. The highest BCUT2D eigenvalue weighted by atomic mass is 79.9. The Balaban J connectivity index is 2.54. The zero-order chi connectivity index (χ0) is 12.1. The number of nitrogens with one attached hydrogen (secondary N) is 2. The van der Waals surface area contributed by atoms with Gasteiger partial charge in [-0.2, -0.15) is 0 Å². The van der Waals surface area contributed by atoms with Crippen molar-refractivity contribution in [1.82, 2.24) is 10.6 Å². The van der Waals surface area contributed by atoms with Crippen molar-refractivity contribution in [2.24, 2.45) is 0 Å². The number of halogens is 1. The lowest BCUT2D eigenvalue weighted by Gasteiger charge is -2.12. The first-order chi connectivity index (χ1) is 7.54. The van der Waals surface area contributed by atoms with Crippen LogP contribution in [-0.4, -0.2) is 24.4 Å². The van der Waals surface area contributed by atoms with E-state index >= 15 is 0 Å². The molecule has 88 valence electrons. The Bertz CT molecular complexity index is 392. The third kappa shape index (κ3) is 3.61. The van der Waals surface area contributed by atoms with E-state index in [-0.39, 0.29) is 11.8 Å². The summed E-state index contributed by atoms with van der Waals surface area (Å²) in [5.74, 6) is -0.402. The zero-order valence-electron chi connectivity index (χ0n) is 9.04. The van der Waals surface area contributed by atoms with Crippen molar-refractivity contribution in [3.63, 3.8) is 0 Å². The van der Waals surface area contributed by atoms with E-state index in [9.17, 15) is 9.59 Å². The summed E-state index contributed by atoms with van der Waals surface area (Å²) in [5.41, 5.74) is 0. The minimum atomic E-state index is -0.520. The van der Waals surface area contributed by atoms with Gasteiger partial charge < -0.3 is 10.6 Å². The molecule has 1 rings (SSSR count). The van der Waals surface area contributed by atoms with Gasteiger partial charge in [-0.05, 0) is 41.9 Å². The number of hydrogen-bond acceptors (Lipinski definition) is 3. The predicted molar refractivity (Wildman–Crippen MR) is 67.6 cm³/mol. The summed E-state index contributed by atoms with van der Waals surface area (Å²) in [7, 11) is 0. The number of amides is 2. The lowest BCUT2D eigenvalue weighted by molar-refractivity contribution is -0.122. The van der Waals surface area contributed by atoms with Crippen LogP contribution in [0.2, 0.25) is 0 Å². The third-order valence-corrected chi connectivity index (χ3v) is 3.51. The van der Waals surface area contributed by atoms with Gasteiger partial charge in [0.25, 0.3) is 5.91 Å². The molecule has 0 aliphatic heterocycles. The first kappa shape index (κ1) is 13.2. The van der Waals surface area contributed by atoms with Gasteiger partial charge in [-0.3, -0.25) is 9.59 Å². The predicted octanol–water partition coefficient (Wildman–Crippen LogP) is 1.76. The fraction of sp³-hybridized carbons (Fsp3) is 0.400. The molecule has 1 heterocycles. The number of carbonyl (C=O) groups is 2. The second-order valence-corrected chi connectivity index (χ2v) is 5.66. The van der Waals surface area contributed by atoms with Crippen LogP contribution in [0.1, 0.15) is 23.5 Å². The average Bonchev–Trinajstić information content (AvgIpc) is 2.65. The molecule has 0 radical (unpaired) electrons. The summed E-state index contributed by atoms with van der Waals surface area (Å²) in [4.78, 5) is 23.6. The van der Waals surface area contributed by atoms with E-state index in [1.54, 1.807) is 19.1 Å². The molecule has 0 aliphatic carbocycles. The van der Waals surface area contributed by atoms with Gasteiger partial charge in [-0.15, -0.1) is 11.3 Å². The summed E-state index contributed by atoms with van der Waals surface area (Å²) in [6.07, 6.45) is 0. The van der Waals surface area contributed by atoms with E-state index in [4.69, 9.17) is 0 Å². The molecular weight excluding hydrogens is 292 g/mol. The minimum absolute atomic E-state index is 0.175. The third-order valence-electron chi connectivity index (χ3n) is 1.89. The molecule has 0 aliphatic rings. The van der Waals surface area contributed by atoms with Crippen LogP contribution in [0.5, 0.6) is 0 Å². The second kappa shape index (κ2) is 6.00. The Morgan fingerprint density at radius 3 is 2.69 bits per heavy atom. The summed E-state index contributed by atoms with van der Waals surface area (Å²) < 4.78 is 0.892. The van der Waals surface area contributed by atoms with Gasteiger partial charge in [0.2, 0.25) is 5.91 Å². The number of rotatable bonds is 4. The van der Waals surface area contributed by atoms with Gasteiger partial charge in [0, 0.05) is 6.54 Å². The van der Waals surface area contributed by atoms with Gasteiger partial charge >= 0.3 is 0 Å². The molecule has 2 N–H and O–H groups in total. The Morgan fingerprint density at radius 1 is 1.50 bits per heavy atom. The van der Waals surface area contributed by atoms with Gasteiger partial charge in [-0.25, -0.2) is 0 Å². The minimum Gasteiger partial charge on any atom is -0.355 e. The smallest absolute Gasteiger partial charge is 0.262 e. The standard InChI is InChI=1S/C10H13BrN2O2S/c1-3-12-9(14)6(2)13-10(15)7-4-5-8(11)16-7/h4-6H,3H2,1-2H3,(H,12,14)(H,13,15). The van der Waals surface area contributed by atoms with Crippen molar-refractivity contribution in [1.29, 1.82) is 0 Å². The number of likely N-dealkylation sites (N-methyl/N-ethyl adjacent to an activating group) is 1. The molecule has 0 spiro atoms. The SMILES string of the molecule is CCNC(=O)C(C)NC(=O)c1ccc(Br)s1. The van der Waals surface area contributed by atoms with Crippen LogP contribution >= 0.6 is 27.3 Å². The Hall–Kier alpha value is -0.880. The van der Waals surface area contributed by atoms with E-state index < -0.39 is 6.04 Å². The quantitative estimate of drug-likeness (QED) is 0.890. The number of hydrogen-bond donors (Lipinski definition) is 2. The molecular formula is C10H13BrN2O2S. The maximum atomic E-state index is 11.7. The first-order valence-electron chi connectivity index (χ1n) is 4.88. The maximum absolute atomic E-state index is 11.7. The highest BCUT2D eigenvalue weighted by Gasteiger charge is 2.16. The average molecular weight is 305 g/mol. The van der Waals surface area contributed by atoms with Crippen molar-refractivity contribution in [3.05, 3.63) is 20.8 Å². The van der Waals surface area contributed by atoms with Crippen molar-refractivity contribution >= 4 is 39.1 Å². The van der Waals surface area contributed by atoms with Crippen LogP contribution in [0.15, 0.2) is 15.9 Å². The van der Waals surface area contributed by atoms with Gasteiger partial charge in [0.1, 0.15) is 6.04 Å². The van der Waals surface area contributed by atoms with E-state index in [2.05, 4.69) is 26.6 Å². The molecule has 6 heteroatoms. The maximum Gasteiger partial charge on any atom is 0.262 e. The molecule has 0 saturated heterocycles. The van der Waals surface area contributed by atoms with Gasteiger partial charge in [-0.1, -0.05) is 0 Å². The van der Waals surface area contributed by atoms with Crippen molar-refractivity contribution < 1.29 is 9.59 Å². The molecule has 1 aromatic rings. The van der Waals surface area contributed by atoms with Gasteiger partial charge in [0.05, 0.1) is 8.66 Å². The lowest BCUT2D eigenvalue weighted by Crippen LogP contribution is -2.44. The summed E-state index contributed by atoms with van der Waals surface area (Å²) in [5, 5.41) is 5.28. The topological polar surface area (TPSA) is 58.2 Å². The largest absolute Gasteiger partial charge is 0.355 e. The molecule has 0 saturated carbocycles. The van der Waals surface area contributed by atoms with Crippen molar-refractivity contribution in [3.8, 4) is 0 Å². The highest BCUT2D eigenvalue weighted by Crippen LogP contribution is 2.21. The molecule has 0 fully saturated rings. The summed E-state index contributed by atoms with van der Waals surface area (Å²) in [6.45, 7) is 4.05. The molecule has 4 nitrogen and oxygen atoms in total. The fourth-order valence-corrected chi connectivity index (χ4v) is 2.39. The van der Waals surface area contributed by atoms with Crippen LogP contribution in [-0.2, 0) is 4.79 Å². The highest BCUT2D eigenvalue weighted by molar-refractivity contribution is 9.11. The first-order valence-corrected chi connectivity index (χ1v) is 6.49. The van der Waals surface area contributed by atoms with E-state index in [1.807, 2.05) is 6.92 Å². The van der Waals surface area contributed by atoms with E-state index in [1.165, 1.54) is 11.3 Å². The van der Waals surface area contributed by atoms with Crippen molar-refractivity contribution in [2.45, 2.75) is 19.9 Å². The monoisotopic (exact) mass is 304 g/mol. The van der Waals surface area contributed by atoms with Crippen LogP contribution < -0.4 is 10.6 Å². The Kier molecular flexibility index (Phi) is 4.95. The van der Waals surface area contributed by atoms with E-state index in [0.717, 1.165) is 3.79 Å². The van der Waals surface area contributed by atoms with Crippen LogP contribution in [0.3, 0.4) is 0 Å². The molecule has 1 atom stereocenters. The van der Waals surface area contributed by atoms with Crippen LogP contribution in [0.25, 0.3) is 0 Å². The normalized spacial score (nSPS) is 11.9. The molecule has 0 bridgehead atoms. The molecule has 1 aromatic heterocycles. The molecule has 16 heavy (non-hydrogen) atoms. The lowest BCUT2D eigenvalue weighted by atomic mass is 10.3. The Labute approximate surface area is 107 Å². The second-order valence-electron chi connectivity index (χ2n) is 3.19.